The minimum absolute atomic E-state index is 0.466. The van der Waals surface area contributed by atoms with E-state index in [-0.39, 0.29) is 0 Å². The van der Waals surface area contributed by atoms with Gasteiger partial charge in [-0.15, -0.1) is 0 Å². The van der Waals surface area contributed by atoms with Crippen LogP contribution in [0.5, 0.6) is 0 Å². The molecular weight excluding hydrogens is 256 g/mol. The molecule has 1 N–H and O–H groups in total. The largest absolute Gasteiger partial charge is 0.313 e. The van der Waals surface area contributed by atoms with Gasteiger partial charge in [0.1, 0.15) is 0 Å². The highest BCUT2D eigenvalue weighted by molar-refractivity contribution is 5.19. The van der Waals surface area contributed by atoms with Gasteiger partial charge in [0.05, 0.1) is 0 Å². The lowest BCUT2D eigenvalue weighted by Gasteiger charge is -2.40. The third-order valence-corrected chi connectivity index (χ3v) is 5.67. The Labute approximate surface area is 129 Å². The van der Waals surface area contributed by atoms with E-state index in [0.717, 1.165) is 12.0 Å². The number of benzene rings is 1. The van der Waals surface area contributed by atoms with Gasteiger partial charge in [0, 0.05) is 18.6 Å². The van der Waals surface area contributed by atoms with Gasteiger partial charge in [0.15, 0.2) is 0 Å². The van der Waals surface area contributed by atoms with Crippen LogP contribution in [0.3, 0.4) is 0 Å². The topological polar surface area (TPSA) is 15.3 Å². The monoisotopic (exact) mass is 286 g/mol. The van der Waals surface area contributed by atoms with Crippen LogP contribution in [0, 0.1) is 11.8 Å². The van der Waals surface area contributed by atoms with Crippen molar-refractivity contribution in [1.29, 1.82) is 0 Å². The zero-order chi connectivity index (χ0) is 14.7. The number of piperidine rings is 1. The van der Waals surface area contributed by atoms with Crippen molar-refractivity contribution < 1.29 is 0 Å². The van der Waals surface area contributed by atoms with Crippen LogP contribution in [0.25, 0.3) is 0 Å². The van der Waals surface area contributed by atoms with Gasteiger partial charge >= 0.3 is 0 Å². The van der Waals surface area contributed by atoms with Crippen LogP contribution >= 0.6 is 0 Å². The molecule has 2 heteroatoms. The summed E-state index contributed by atoms with van der Waals surface area (Å²) in [7, 11) is 2.10. The number of nitrogens with one attached hydrogen (secondary N) is 1. The lowest BCUT2D eigenvalue weighted by atomic mass is 9.89. The molecule has 116 valence electrons. The highest BCUT2D eigenvalue weighted by atomic mass is 15.2. The number of nitrogens with zero attached hydrogens (tertiary/aromatic N) is 1. The Morgan fingerprint density at radius 1 is 1.14 bits per heavy atom. The zero-order valence-electron chi connectivity index (χ0n) is 13.6. The third-order valence-electron chi connectivity index (χ3n) is 5.67. The van der Waals surface area contributed by atoms with E-state index in [1.165, 1.54) is 50.8 Å². The maximum absolute atomic E-state index is 3.54. The van der Waals surface area contributed by atoms with Crippen LogP contribution in [0.15, 0.2) is 30.3 Å². The molecule has 1 aromatic rings. The average Bonchev–Trinajstić information content (AvgIpc) is 2.99. The first-order valence-electron chi connectivity index (χ1n) is 8.76. The first kappa shape index (κ1) is 15.1. The van der Waals surface area contributed by atoms with E-state index in [1.807, 2.05) is 0 Å². The van der Waals surface area contributed by atoms with Gasteiger partial charge in [0.25, 0.3) is 0 Å². The van der Waals surface area contributed by atoms with Gasteiger partial charge in [-0.05, 0) is 56.7 Å². The van der Waals surface area contributed by atoms with Crippen molar-refractivity contribution in [2.24, 2.45) is 11.8 Å². The average molecular weight is 286 g/mol. The van der Waals surface area contributed by atoms with Crippen molar-refractivity contribution in [3.8, 4) is 0 Å². The number of hydrogen-bond donors (Lipinski definition) is 1. The van der Waals surface area contributed by atoms with E-state index >= 15 is 0 Å². The predicted octanol–water partition coefficient (Wildman–Crippen LogP) is 3.85. The summed E-state index contributed by atoms with van der Waals surface area (Å²) in [6.45, 7) is 4.96. The third kappa shape index (κ3) is 3.32. The van der Waals surface area contributed by atoms with Crippen LogP contribution in [-0.4, -0.2) is 31.1 Å². The molecule has 1 saturated carbocycles. The van der Waals surface area contributed by atoms with Gasteiger partial charge in [-0.2, -0.15) is 0 Å². The summed E-state index contributed by atoms with van der Waals surface area (Å²) in [5.41, 5.74) is 1.42. The Bertz CT molecular complexity index is 430. The highest BCUT2D eigenvalue weighted by Crippen LogP contribution is 2.37. The first-order valence-corrected chi connectivity index (χ1v) is 8.76. The predicted molar refractivity (Wildman–Crippen MR) is 89.3 cm³/mol. The van der Waals surface area contributed by atoms with E-state index in [1.54, 1.807) is 0 Å². The van der Waals surface area contributed by atoms with Gasteiger partial charge in [-0.1, -0.05) is 43.7 Å². The molecule has 1 aromatic carbocycles. The van der Waals surface area contributed by atoms with Crippen LogP contribution in [-0.2, 0) is 0 Å². The highest BCUT2D eigenvalue weighted by Gasteiger charge is 2.35. The van der Waals surface area contributed by atoms with Crippen LogP contribution in [0.4, 0.5) is 0 Å². The molecule has 2 aliphatic rings. The molecule has 4 unspecified atom stereocenters. The van der Waals surface area contributed by atoms with Crippen LogP contribution in [0.1, 0.15) is 50.6 Å². The Balaban J connectivity index is 1.65. The molecule has 0 aromatic heterocycles. The fraction of sp³-hybridized carbons (Fsp3) is 0.684. The van der Waals surface area contributed by atoms with E-state index in [4.69, 9.17) is 0 Å². The minimum atomic E-state index is 0.466. The van der Waals surface area contributed by atoms with Crippen molar-refractivity contribution >= 4 is 0 Å². The summed E-state index contributed by atoms with van der Waals surface area (Å²) in [5, 5.41) is 3.54. The van der Waals surface area contributed by atoms with Crippen molar-refractivity contribution in [3.63, 3.8) is 0 Å². The zero-order valence-corrected chi connectivity index (χ0v) is 13.6. The molecule has 2 nitrogen and oxygen atoms in total. The molecule has 1 aliphatic carbocycles. The Morgan fingerprint density at radius 3 is 2.67 bits per heavy atom. The summed E-state index contributed by atoms with van der Waals surface area (Å²) >= 11 is 0. The maximum Gasteiger partial charge on any atom is 0.0355 e. The quantitative estimate of drug-likeness (QED) is 0.884. The standard InChI is InChI=1S/C19H30N2/c1-15(19(20-2)17-8-4-3-5-9-17)14-21-13-7-11-16-10-6-12-18(16)21/h3-5,8-9,15-16,18-20H,6-7,10-14H2,1-2H3. The Kier molecular flexibility index (Phi) is 4.97. The van der Waals surface area contributed by atoms with Gasteiger partial charge in [-0.3, -0.25) is 4.90 Å². The van der Waals surface area contributed by atoms with Gasteiger partial charge in [-0.25, -0.2) is 0 Å². The SMILES string of the molecule is CNC(c1ccccc1)C(C)CN1CCCC2CCCC21. The molecule has 1 saturated heterocycles. The molecular formula is C19H30N2. The molecule has 1 heterocycles. The molecule has 0 amide bonds. The number of hydrogen-bond acceptors (Lipinski definition) is 2. The van der Waals surface area contributed by atoms with E-state index in [0.29, 0.717) is 12.0 Å². The molecule has 0 bridgehead atoms. The maximum atomic E-state index is 3.54. The van der Waals surface area contributed by atoms with E-state index in [2.05, 4.69) is 54.5 Å². The minimum Gasteiger partial charge on any atom is -0.313 e. The van der Waals surface area contributed by atoms with E-state index in [9.17, 15) is 0 Å². The normalized spacial score (nSPS) is 29.0. The fourth-order valence-corrected chi connectivity index (χ4v) is 4.70. The second-order valence-electron chi connectivity index (χ2n) is 7.05. The molecule has 0 radical (unpaired) electrons. The van der Waals surface area contributed by atoms with Crippen molar-refractivity contribution in [2.45, 2.75) is 51.1 Å². The first-order chi connectivity index (χ1) is 10.3. The summed E-state index contributed by atoms with van der Waals surface area (Å²) in [6, 6.07) is 12.3. The summed E-state index contributed by atoms with van der Waals surface area (Å²) in [5.74, 6) is 1.65. The smallest absolute Gasteiger partial charge is 0.0355 e. The Morgan fingerprint density at radius 2 is 1.90 bits per heavy atom. The van der Waals surface area contributed by atoms with Gasteiger partial charge in [0.2, 0.25) is 0 Å². The summed E-state index contributed by atoms with van der Waals surface area (Å²) in [4.78, 5) is 2.80. The van der Waals surface area contributed by atoms with Gasteiger partial charge < -0.3 is 5.32 Å². The van der Waals surface area contributed by atoms with Crippen molar-refractivity contribution in [1.82, 2.24) is 10.2 Å². The van der Waals surface area contributed by atoms with Crippen molar-refractivity contribution in [3.05, 3.63) is 35.9 Å². The van der Waals surface area contributed by atoms with Crippen LogP contribution < -0.4 is 5.32 Å². The molecule has 1 aliphatic heterocycles. The lowest BCUT2D eigenvalue weighted by molar-refractivity contribution is 0.0901. The van der Waals surface area contributed by atoms with E-state index < -0.39 is 0 Å². The molecule has 0 spiro atoms. The van der Waals surface area contributed by atoms with Crippen molar-refractivity contribution in [2.75, 3.05) is 20.1 Å². The molecule has 2 fully saturated rings. The summed E-state index contributed by atoms with van der Waals surface area (Å²) < 4.78 is 0. The molecule has 21 heavy (non-hydrogen) atoms. The fourth-order valence-electron chi connectivity index (χ4n) is 4.70. The number of likely N-dealkylation sites (tertiary alicyclic amines) is 1. The Hall–Kier alpha value is -0.860. The van der Waals surface area contributed by atoms with Crippen LogP contribution in [0.2, 0.25) is 0 Å². The lowest BCUT2D eigenvalue weighted by Crippen LogP contribution is -2.46. The number of rotatable bonds is 5. The summed E-state index contributed by atoms with van der Waals surface area (Å²) in [6.07, 6.45) is 7.25. The number of fused-ring (bicyclic) bond motifs is 1. The second-order valence-corrected chi connectivity index (χ2v) is 7.05. The molecule has 4 atom stereocenters. The molecule has 3 rings (SSSR count). The second kappa shape index (κ2) is 6.93.